The molecule has 2 aromatic heterocycles. The number of nitrogens with one attached hydrogen (secondary N) is 2. The van der Waals surface area contributed by atoms with Crippen molar-refractivity contribution in [3.05, 3.63) is 77.8 Å². The van der Waals surface area contributed by atoms with Crippen LogP contribution in [-0.2, 0) is 18.8 Å². The number of aryl methyl sites for hydroxylation is 1. The number of benzene rings is 2. The van der Waals surface area contributed by atoms with Crippen molar-refractivity contribution in [2.75, 3.05) is 4.90 Å². The number of nitrogens with zero attached hydrogens (tertiary/aromatic N) is 4. The third kappa shape index (κ3) is 3.67. The Bertz CT molecular complexity index is 1290. The van der Waals surface area contributed by atoms with Crippen molar-refractivity contribution in [1.82, 2.24) is 24.8 Å². The molecule has 162 valence electrons. The molecule has 0 aliphatic carbocycles. The number of fused-ring (bicyclic) bond motifs is 2. The number of urea groups is 1. The molecule has 2 amide bonds. The molecule has 1 aliphatic heterocycles. The van der Waals surface area contributed by atoms with Crippen LogP contribution < -0.4 is 10.2 Å². The molecule has 0 radical (unpaired) electrons. The molecule has 2 N–H and O–H groups in total. The van der Waals surface area contributed by atoms with Gasteiger partial charge in [0.15, 0.2) is 11.0 Å². The highest BCUT2D eigenvalue weighted by molar-refractivity contribution is 7.98. The molecule has 0 saturated carbocycles. The quantitative estimate of drug-likeness (QED) is 0.407. The van der Waals surface area contributed by atoms with Gasteiger partial charge in [0.05, 0.1) is 29.0 Å². The lowest BCUT2D eigenvalue weighted by Gasteiger charge is -2.28. The van der Waals surface area contributed by atoms with Gasteiger partial charge < -0.3 is 14.9 Å². The standard InChI is InChI=1S/C24H24N6OS/c1-4-29-20(14-32-23-26-18-7-5-6-8-19(18)27-23)28-22-21(29)16(3)25-24(31)30(22)13-17-11-9-15(2)10-12-17/h5-12H,3-4,13-14H2,1-2H3,(H,25,31)(H,26,27). The summed E-state index contributed by atoms with van der Waals surface area (Å²) in [5, 5.41) is 3.75. The zero-order chi connectivity index (χ0) is 22.2. The Balaban J connectivity index is 1.45. The van der Waals surface area contributed by atoms with Crippen molar-refractivity contribution in [2.24, 2.45) is 0 Å². The van der Waals surface area contributed by atoms with Gasteiger partial charge in [0, 0.05) is 6.54 Å². The fraction of sp³-hybridized carbons (Fsp3) is 0.208. The Morgan fingerprint density at radius 1 is 1.09 bits per heavy atom. The summed E-state index contributed by atoms with van der Waals surface area (Å²) in [6.45, 7) is 9.38. The number of para-hydroxylation sites is 2. The molecule has 0 fully saturated rings. The molecule has 4 aromatic rings. The number of carbonyl (C=O) groups is 1. The van der Waals surface area contributed by atoms with Crippen molar-refractivity contribution in [2.45, 2.75) is 37.8 Å². The molecule has 32 heavy (non-hydrogen) atoms. The Morgan fingerprint density at radius 3 is 2.62 bits per heavy atom. The fourth-order valence-corrected chi connectivity index (χ4v) is 4.76. The van der Waals surface area contributed by atoms with Crippen molar-refractivity contribution >= 4 is 40.3 Å². The lowest BCUT2D eigenvalue weighted by atomic mass is 10.1. The van der Waals surface area contributed by atoms with Crippen LogP contribution in [0.3, 0.4) is 0 Å². The third-order valence-corrected chi connectivity index (χ3v) is 6.43. The van der Waals surface area contributed by atoms with Crippen LogP contribution in [0.2, 0.25) is 0 Å². The molecule has 0 atom stereocenters. The number of rotatable bonds is 6. The third-order valence-electron chi connectivity index (χ3n) is 5.56. The Hall–Kier alpha value is -3.52. The van der Waals surface area contributed by atoms with Gasteiger partial charge in [0.25, 0.3) is 0 Å². The Labute approximate surface area is 190 Å². The van der Waals surface area contributed by atoms with E-state index in [1.54, 1.807) is 16.7 Å². The van der Waals surface area contributed by atoms with E-state index in [1.807, 2.05) is 43.3 Å². The number of imidazole rings is 2. The van der Waals surface area contributed by atoms with E-state index in [1.165, 1.54) is 5.56 Å². The normalized spacial score (nSPS) is 13.5. The smallest absolute Gasteiger partial charge is 0.327 e. The second kappa shape index (κ2) is 8.20. The molecule has 0 saturated heterocycles. The molecule has 2 aromatic carbocycles. The minimum atomic E-state index is -0.208. The van der Waals surface area contributed by atoms with E-state index < -0.39 is 0 Å². The summed E-state index contributed by atoms with van der Waals surface area (Å²) in [7, 11) is 0. The first-order chi connectivity index (χ1) is 15.5. The largest absolute Gasteiger partial charge is 0.333 e. The van der Waals surface area contributed by atoms with Crippen LogP contribution in [0.25, 0.3) is 16.7 Å². The average molecular weight is 445 g/mol. The van der Waals surface area contributed by atoms with E-state index in [2.05, 4.69) is 45.5 Å². The number of amides is 2. The van der Waals surface area contributed by atoms with Crippen LogP contribution in [0.15, 0.2) is 60.3 Å². The SMILES string of the molecule is C=C1NC(=O)N(Cc2ccc(C)cc2)c2nc(CSc3nc4ccccc4[nH]3)n(CC)c21. The van der Waals surface area contributed by atoms with Gasteiger partial charge in [-0.15, -0.1) is 0 Å². The van der Waals surface area contributed by atoms with E-state index in [0.29, 0.717) is 23.8 Å². The van der Waals surface area contributed by atoms with E-state index >= 15 is 0 Å². The minimum Gasteiger partial charge on any atom is -0.333 e. The number of hydrogen-bond donors (Lipinski definition) is 2. The maximum absolute atomic E-state index is 12.8. The minimum absolute atomic E-state index is 0.208. The monoisotopic (exact) mass is 444 g/mol. The number of carbonyl (C=O) groups excluding carboxylic acids is 1. The molecule has 0 spiro atoms. The number of anilines is 1. The average Bonchev–Trinajstić information content (AvgIpc) is 3.37. The van der Waals surface area contributed by atoms with Gasteiger partial charge in [-0.1, -0.05) is 60.3 Å². The number of aromatic amines is 1. The van der Waals surface area contributed by atoms with Gasteiger partial charge in [-0.25, -0.2) is 14.8 Å². The topological polar surface area (TPSA) is 78.8 Å². The molecule has 1 aliphatic rings. The van der Waals surface area contributed by atoms with E-state index in [-0.39, 0.29) is 6.03 Å². The van der Waals surface area contributed by atoms with E-state index in [4.69, 9.17) is 4.98 Å². The van der Waals surface area contributed by atoms with E-state index in [0.717, 1.165) is 39.8 Å². The lowest BCUT2D eigenvalue weighted by Crippen LogP contribution is -2.43. The van der Waals surface area contributed by atoms with Gasteiger partial charge in [0.1, 0.15) is 11.5 Å². The summed E-state index contributed by atoms with van der Waals surface area (Å²) in [4.78, 5) is 27.4. The number of aromatic nitrogens is 4. The molecule has 3 heterocycles. The number of thioether (sulfide) groups is 1. The van der Waals surface area contributed by atoms with Gasteiger partial charge in [-0.05, 0) is 31.5 Å². The summed E-state index contributed by atoms with van der Waals surface area (Å²) in [5.41, 5.74) is 5.64. The summed E-state index contributed by atoms with van der Waals surface area (Å²) >= 11 is 1.60. The van der Waals surface area contributed by atoms with Crippen LogP contribution >= 0.6 is 11.8 Å². The number of hydrogen-bond acceptors (Lipinski definition) is 4. The first-order valence-corrected chi connectivity index (χ1v) is 11.5. The van der Waals surface area contributed by atoms with Crippen molar-refractivity contribution in [3.63, 3.8) is 0 Å². The first kappa shape index (κ1) is 20.4. The highest BCUT2D eigenvalue weighted by atomic mass is 32.2. The predicted molar refractivity (Wildman–Crippen MR) is 128 cm³/mol. The highest BCUT2D eigenvalue weighted by Gasteiger charge is 2.32. The van der Waals surface area contributed by atoms with Crippen LogP contribution in [0, 0.1) is 6.92 Å². The lowest BCUT2D eigenvalue weighted by molar-refractivity contribution is 0.249. The summed E-state index contributed by atoms with van der Waals surface area (Å²) in [6.07, 6.45) is 0. The highest BCUT2D eigenvalue weighted by Crippen LogP contribution is 2.33. The van der Waals surface area contributed by atoms with Gasteiger partial charge in [0.2, 0.25) is 0 Å². The molecule has 0 bridgehead atoms. The van der Waals surface area contributed by atoms with Gasteiger partial charge >= 0.3 is 6.03 Å². The molecule has 5 rings (SSSR count). The summed E-state index contributed by atoms with van der Waals surface area (Å²) < 4.78 is 2.12. The Kier molecular flexibility index (Phi) is 5.22. The van der Waals surface area contributed by atoms with Crippen LogP contribution in [0.1, 0.15) is 29.6 Å². The van der Waals surface area contributed by atoms with Crippen LogP contribution in [0.5, 0.6) is 0 Å². The zero-order valence-corrected chi connectivity index (χ0v) is 18.9. The van der Waals surface area contributed by atoms with Crippen LogP contribution in [-0.4, -0.2) is 25.6 Å². The summed E-state index contributed by atoms with van der Waals surface area (Å²) in [5.74, 6) is 2.16. The maximum Gasteiger partial charge on any atom is 0.327 e. The van der Waals surface area contributed by atoms with Crippen molar-refractivity contribution in [3.8, 4) is 0 Å². The molecule has 0 unspecified atom stereocenters. The van der Waals surface area contributed by atoms with Crippen molar-refractivity contribution in [1.29, 1.82) is 0 Å². The first-order valence-electron chi connectivity index (χ1n) is 10.5. The summed E-state index contributed by atoms with van der Waals surface area (Å²) in [6, 6.07) is 16.0. The molecule has 7 nitrogen and oxygen atoms in total. The fourth-order valence-electron chi connectivity index (χ4n) is 3.93. The van der Waals surface area contributed by atoms with Gasteiger partial charge in [-0.3, -0.25) is 4.90 Å². The van der Waals surface area contributed by atoms with Gasteiger partial charge in [-0.2, -0.15) is 0 Å². The molecule has 8 heteroatoms. The predicted octanol–water partition coefficient (Wildman–Crippen LogP) is 5.08. The second-order valence-corrected chi connectivity index (χ2v) is 8.74. The second-order valence-electron chi connectivity index (χ2n) is 7.77. The number of H-pyrrole nitrogens is 1. The zero-order valence-electron chi connectivity index (χ0n) is 18.1. The Morgan fingerprint density at radius 2 is 1.88 bits per heavy atom. The van der Waals surface area contributed by atoms with Crippen LogP contribution in [0.4, 0.5) is 10.6 Å². The molecular weight excluding hydrogens is 420 g/mol. The van der Waals surface area contributed by atoms with E-state index in [9.17, 15) is 4.79 Å². The van der Waals surface area contributed by atoms with Crippen molar-refractivity contribution < 1.29 is 4.79 Å². The maximum atomic E-state index is 12.8. The molecular formula is C24H24N6OS.